The highest BCUT2D eigenvalue weighted by atomic mass is 19.3. The van der Waals surface area contributed by atoms with Crippen LogP contribution in [0.15, 0.2) is 0 Å². The molecular weight excluding hydrogens is 202 g/mol. The minimum absolute atomic E-state index is 0.212. The van der Waals surface area contributed by atoms with Crippen molar-refractivity contribution in [1.29, 1.82) is 0 Å². The third-order valence-corrected chi connectivity index (χ3v) is 2.21. The summed E-state index contributed by atoms with van der Waals surface area (Å²) in [5, 5.41) is 0. The van der Waals surface area contributed by atoms with Gasteiger partial charge in [0.15, 0.2) is 0 Å². The zero-order valence-electron chi connectivity index (χ0n) is 9.48. The van der Waals surface area contributed by atoms with E-state index in [0.29, 0.717) is 12.3 Å². The van der Waals surface area contributed by atoms with Gasteiger partial charge in [0, 0.05) is 12.8 Å². The van der Waals surface area contributed by atoms with Gasteiger partial charge >= 0.3 is 5.92 Å². The van der Waals surface area contributed by atoms with Crippen molar-refractivity contribution in [2.45, 2.75) is 52.4 Å². The van der Waals surface area contributed by atoms with Crippen molar-refractivity contribution in [1.82, 2.24) is 0 Å². The fraction of sp³-hybridized carbons (Fsp3) is 0.818. The Balaban J connectivity index is 4.03. The molecule has 0 aromatic carbocycles. The number of hydrogen-bond donors (Lipinski definition) is 0. The van der Waals surface area contributed by atoms with Crippen LogP contribution in [0.2, 0.25) is 0 Å². The summed E-state index contributed by atoms with van der Waals surface area (Å²) in [5.41, 5.74) is 0. The first-order valence-corrected chi connectivity index (χ1v) is 5.22. The average molecular weight is 220 g/mol. The molecule has 0 saturated heterocycles. The van der Waals surface area contributed by atoms with Gasteiger partial charge in [0.2, 0.25) is 5.78 Å². The minimum Gasteiger partial charge on any atom is -0.299 e. The van der Waals surface area contributed by atoms with Gasteiger partial charge in [-0.15, -0.1) is 0 Å². The van der Waals surface area contributed by atoms with Crippen molar-refractivity contribution in [3.63, 3.8) is 0 Å². The molecular formula is C11H18F2O2. The zero-order valence-corrected chi connectivity index (χ0v) is 9.48. The standard InChI is InChI=1S/C11H18F2O2/c1-4-11(12,13)10(15)7-9(14)6-5-8(2)3/h8H,4-7H2,1-3H3. The van der Waals surface area contributed by atoms with Gasteiger partial charge in [-0.3, -0.25) is 9.59 Å². The van der Waals surface area contributed by atoms with E-state index in [1.807, 2.05) is 13.8 Å². The Kier molecular flexibility index (Phi) is 5.61. The van der Waals surface area contributed by atoms with Crippen LogP contribution in [0.4, 0.5) is 8.78 Å². The van der Waals surface area contributed by atoms with E-state index >= 15 is 0 Å². The lowest BCUT2D eigenvalue weighted by molar-refractivity contribution is -0.145. The molecule has 0 aliphatic heterocycles. The van der Waals surface area contributed by atoms with E-state index in [0.717, 1.165) is 0 Å². The van der Waals surface area contributed by atoms with E-state index in [9.17, 15) is 18.4 Å². The number of rotatable bonds is 7. The zero-order chi connectivity index (χ0) is 12.1. The lowest BCUT2D eigenvalue weighted by atomic mass is 10.0. The predicted molar refractivity (Wildman–Crippen MR) is 53.9 cm³/mol. The van der Waals surface area contributed by atoms with Crippen molar-refractivity contribution >= 4 is 11.6 Å². The summed E-state index contributed by atoms with van der Waals surface area (Å²) in [7, 11) is 0. The molecule has 0 bridgehead atoms. The van der Waals surface area contributed by atoms with Crippen molar-refractivity contribution in [3.05, 3.63) is 0 Å². The smallest absolute Gasteiger partial charge is 0.299 e. The third kappa shape index (κ3) is 5.60. The molecule has 15 heavy (non-hydrogen) atoms. The van der Waals surface area contributed by atoms with Crippen molar-refractivity contribution in [2.75, 3.05) is 0 Å². The van der Waals surface area contributed by atoms with E-state index in [1.165, 1.54) is 6.92 Å². The first-order valence-electron chi connectivity index (χ1n) is 5.22. The van der Waals surface area contributed by atoms with Crippen LogP contribution >= 0.6 is 0 Å². The fourth-order valence-electron chi connectivity index (χ4n) is 1.04. The first-order chi connectivity index (χ1) is 6.79. The van der Waals surface area contributed by atoms with Gasteiger partial charge in [-0.25, -0.2) is 0 Å². The minimum atomic E-state index is -3.34. The molecule has 0 fully saturated rings. The molecule has 2 nitrogen and oxygen atoms in total. The van der Waals surface area contributed by atoms with Crippen molar-refractivity contribution in [2.24, 2.45) is 5.92 Å². The quantitative estimate of drug-likeness (QED) is 0.618. The van der Waals surface area contributed by atoms with Crippen LogP contribution in [-0.2, 0) is 9.59 Å². The summed E-state index contributed by atoms with van der Waals surface area (Å²) in [6, 6.07) is 0. The topological polar surface area (TPSA) is 34.1 Å². The van der Waals surface area contributed by atoms with E-state index in [4.69, 9.17) is 0 Å². The molecule has 0 spiro atoms. The molecule has 0 aromatic rings. The van der Waals surface area contributed by atoms with E-state index in [-0.39, 0.29) is 12.2 Å². The van der Waals surface area contributed by atoms with E-state index < -0.39 is 24.5 Å². The summed E-state index contributed by atoms with van der Waals surface area (Å²) < 4.78 is 25.6. The SMILES string of the molecule is CCC(F)(F)C(=O)CC(=O)CCC(C)C. The number of ketones is 2. The van der Waals surface area contributed by atoms with E-state index in [2.05, 4.69) is 0 Å². The maximum atomic E-state index is 12.8. The van der Waals surface area contributed by atoms with Gasteiger partial charge in [0.1, 0.15) is 5.78 Å². The molecule has 88 valence electrons. The van der Waals surface area contributed by atoms with Gasteiger partial charge in [0.05, 0.1) is 6.42 Å². The van der Waals surface area contributed by atoms with Crippen LogP contribution in [0.1, 0.15) is 46.5 Å². The molecule has 0 aliphatic rings. The Morgan fingerprint density at radius 1 is 1.27 bits per heavy atom. The molecule has 0 rings (SSSR count). The normalized spacial score (nSPS) is 11.9. The Labute approximate surface area is 89.0 Å². The number of halogens is 2. The number of carbonyl (C=O) groups is 2. The number of hydrogen-bond acceptors (Lipinski definition) is 2. The summed E-state index contributed by atoms with van der Waals surface area (Å²) in [6.45, 7) is 5.11. The van der Waals surface area contributed by atoms with Gasteiger partial charge in [-0.1, -0.05) is 20.8 Å². The average Bonchev–Trinajstić information content (AvgIpc) is 2.14. The van der Waals surface area contributed by atoms with Crippen LogP contribution in [0.5, 0.6) is 0 Å². The van der Waals surface area contributed by atoms with Crippen LogP contribution in [-0.4, -0.2) is 17.5 Å². The first kappa shape index (κ1) is 14.2. The highest BCUT2D eigenvalue weighted by Crippen LogP contribution is 2.21. The molecule has 0 N–H and O–H groups in total. The second kappa shape index (κ2) is 5.93. The molecule has 0 heterocycles. The largest absolute Gasteiger partial charge is 0.305 e. The fourth-order valence-corrected chi connectivity index (χ4v) is 1.04. The second-order valence-corrected chi connectivity index (χ2v) is 4.13. The Morgan fingerprint density at radius 3 is 2.20 bits per heavy atom. The van der Waals surface area contributed by atoms with E-state index in [1.54, 1.807) is 0 Å². The third-order valence-electron chi connectivity index (χ3n) is 2.21. The molecule has 0 saturated carbocycles. The van der Waals surface area contributed by atoms with Crippen LogP contribution in [0.25, 0.3) is 0 Å². The highest BCUT2D eigenvalue weighted by molar-refractivity contribution is 6.02. The monoisotopic (exact) mass is 220 g/mol. The molecule has 0 aliphatic carbocycles. The maximum absolute atomic E-state index is 12.8. The maximum Gasteiger partial charge on any atom is 0.305 e. The number of alkyl halides is 2. The Bertz CT molecular complexity index is 235. The lowest BCUT2D eigenvalue weighted by Crippen LogP contribution is -2.29. The molecule has 0 aromatic heterocycles. The summed E-state index contributed by atoms with van der Waals surface area (Å²) in [4.78, 5) is 22.1. The van der Waals surface area contributed by atoms with Gasteiger partial charge in [-0.2, -0.15) is 8.78 Å². The predicted octanol–water partition coefficient (Wildman–Crippen LogP) is 3.00. The Morgan fingerprint density at radius 2 is 1.80 bits per heavy atom. The van der Waals surface area contributed by atoms with Crippen LogP contribution < -0.4 is 0 Å². The summed E-state index contributed by atoms with van der Waals surface area (Å²) in [5.74, 6) is -4.63. The molecule has 0 unspecified atom stereocenters. The second-order valence-electron chi connectivity index (χ2n) is 4.13. The molecule has 0 atom stereocenters. The van der Waals surface area contributed by atoms with Crippen molar-refractivity contribution in [3.8, 4) is 0 Å². The summed E-state index contributed by atoms with van der Waals surface area (Å²) in [6.07, 6.45) is -0.316. The number of Topliss-reactive ketones (excluding diaryl/α,β-unsaturated/α-hetero) is 2. The van der Waals surface area contributed by atoms with Crippen LogP contribution in [0, 0.1) is 5.92 Å². The van der Waals surface area contributed by atoms with Gasteiger partial charge < -0.3 is 0 Å². The molecule has 0 radical (unpaired) electrons. The van der Waals surface area contributed by atoms with Gasteiger partial charge in [-0.05, 0) is 12.3 Å². The molecule has 4 heteroatoms. The van der Waals surface area contributed by atoms with Crippen LogP contribution in [0.3, 0.4) is 0 Å². The summed E-state index contributed by atoms with van der Waals surface area (Å²) >= 11 is 0. The van der Waals surface area contributed by atoms with Gasteiger partial charge in [0.25, 0.3) is 0 Å². The Hall–Kier alpha value is -0.800. The number of carbonyl (C=O) groups excluding carboxylic acids is 2. The lowest BCUT2D eigenvalue weighted by Gasteiger charge is -2.11. The molecule has 0 amide bonds. The highest BCUT2D eigenvalue weighted by Gasteiger charge is 2.36. The van der Waals surface area contributed by atoms with Crippen molar-refractivity contribution < 1.29 is 18.4 Å².